The second-order valence-electron chi connectivity index (χ2n) is 7.66. The second-order valence-corrected chi connectivity index (χ2v) is 7.66. The van der Waals surface area contributed by atoms with E-state index in [9.17, 15) is 5.11 Å². The van der Waals surface area contributed by atoms with Gasteiger partial charge in [-0.2, -0.15) is 0 Å². The van der Waals surface area contributed by atoms with Crippen LogP contribution in [0, 0.1) is 28.6 Å². The first-order valence-corrected chi connectivity index (χ1v) is 7.86. The third-order valence-electron chi connectivity index (χ3n) is 6.51. The molecule has 1 N–H and O–H groups in total. The quantitative estimate of drug-likeness (QED) is 0.727. The number of fused-ring (bicyclic) bond motifs is 2. The first-order valence-electron chi connectivity index (χ1n) is 7.86. The molecule has 2 bridgehead atoms. The minimum atomic E-state index is 0.191. The van der Waals surface area contributed by atoms with Crippen LogP contribution in [0.3, 0.4) is 0 Å². The van der Waals surface area contributed by atoms with Gasteiger partial charge in [0.1, 0.15) is 0 Å². The van der Waals surface area contributed by atoms with E-state index in [1.807, 2.05) is 0 Å². The molecule has 0 heterocycles. The van der Waals surface area contributed by atoms with Crippen LogP contribution in [0.1, 0.15) is 58.8 Å². The zero-order valence-corrected chi connectivity index (χ0v) is 12.0. The predicted molar refractivity (Wildman–Crippen MR) is 75.2 cm³/mol. The fourth-order valence-corrected chi connectivity index (χ4v) is 5.78. The van der Waals surface area contributed by atoms with Crippen molar-refractivity contribution in [3.63, 3.8) is 0 Å². The molecule has 4 atom stereocenters. The van der Waals surface area contributed by atoms with Crippen LogP contribution in [-0.2, 0) is 0 Å². The van der Waals surface area contributed by atoms with E-state index in [0.29, 0.717) is 12.0 Å². The Morgan fingerprint density at radius 3 is 2.72 bits per heavy atom. The summed E-state index contributed by atoms with van der Waals surface area (Å²) in [6.07, 6.45) is 13.8. The molecule has 2 saturated carbocycles. The van der Waals surface area contributed by atoms with Gasteiger partial charge in [-0.05, 0) is 68.1 Å². The second kappa shape index (κ2) is 4.37. The highest BCUT2D eigenvalue weighted by Crippen LogP contribution is 2.66. The van der Waals surface area contributed by atoms with E-state index in [1.54, 1.807) is 0 Å². The van der Waals surface area contributed by atoms with Gasteiger partial charge in [0.05, 0.1) is 0 Å². The maximum Gasteiger partial charge on any atom is 0.0493 e. The van der Waals surface area contributed by atoms with Crippen molar-refractivity contribution in [1.29, 1.82) is 0 Å². The van der Waals surface area contributed by atoms with Crippen LogP contribution in [0.5, 0.6) is 0 Å². The molecular formula is C17H28O. The molecule has 0 aliphatic heterocycles. The van der Waals surface area contributed by atoms with E-state index in [-0.39, 0.29) is 5.41 Å². The maximum absolute atomic E-state index is 10.2. The van der Waals surface area contributed by atoms with Gasteiger partial charge in [0.25, 0.3) is 0 Å². The van der Waals surface area contributed by atoms with E-state index in [2.05, 4.69) is 26.0 Å². The molecule has 0 radical (unpaired) electrons. The van der Waals surface area contributed by atoms with Gasteiger partial charge in [0, 0.05) is 12.0 Å². The zero-order chi connectivity index (χ0) is 12.8. The van der Waals surface area contributed by atoms with Crippen LogP contribution < -0.4 is 0 Å². The molecule has 0 aromatic carbocycles. The zero-order valence-electron chi connectivity index (χ0n) is 12.0. The Morgan fingerprint density at radius 1 is 1.22 bits per heavy atom. The Balaban J connectivity index is 1.93. The minimum Gasteiger partial charge on any atom is -0.396 e. The normalized spacial score (nSPS) is 46.3. The van der Waals surface area contributed by atoms with Crippen LogP contribution in [0.2, 0.25) is 0 Å². The van der Waals surface area contributed by atoms with Gasteiger partial charge < -0.3 is 5.11 Å². The van der Waals surface area contributed by atoms with E-state index in [1.165, 1.54) is 38.5 Å². The Bertz CT molecular complexity index is 344. The SMILES string of the molecule is CC1(C)C2CCC(C2)C1C1(CO)CC=CCCC1. The van der Waals surface area contributed by atoms with Crippen molar-refractivity contribution in [3.8, 4) is 0 Å². The number of aliphatic hydroxyl groups is 1. The molecule has 0 amide bonds. The summed E-state index contributed by atoms with van der Waals surface area (Å²) >= 11 is 0. The van der Waals surface area contributed by atoms with Gasteiger partial charge in [-0.3, -0.25) is 0 Å². The molecule has 3 aliphatic carbocycles. The molecule has 0 spiro atoms. The fourth-order valence-electron chi connectivity index (χ4n) is 5.78. The highest BCUT2D eigenvalue weighted by atomic mass is 16.3. The molecule has 2 fully saturated rings. The number of allylic oxidation sites excluding steroid dienone is 2. The van der Waals surface area contributed by atoms with Crippen molar-refractivity contribution in [2.45, 2.75) is 58.8 Å². The molecule has 4 unspecified atom stereocenters. The van der Waals surface area contributed by atoms with E-state index in [0.717, 1.165) is 24.2 Å². The summed E-state index contributed by atoms with van der Waals surface area (Å²) in [5, 5.41) is 10.2. The Kier molecular flexibility index (Phi) is 3.09. The van der Waals surface area contributed by atoms with Crippen molar-refractivity contribution in [2.24, 2.45) is 28.6 Å². The van der Waals surface area contributed by atoms with Crippen molar-refractivity contribution >= 4 is 0 Å². The molecule has 0 aromatic rings. The lowest BCUT2D eigenvalue weighted by Crippen LogP contribution is -2.45. The topological polar surface area (TPSA) is 20.2 Å². The Morgan fingerprint density at radius 2 is 2.06 bits per heavy atom. The molecule has 0 saturated heterocycles. The Labute approximate surface area is 112 Å². The third kappa shape index (κ3) is 1.70. The van der Waals surface area contributed by atoms with Gasteiger partial charge in [-0.15, -0.1) is 0 Å². The van der Waals surface area contributed by atoms with Crippen molar-refractivity contribution in [3.05, 3.63) is 12.2 Å². The van der Waals surface area contributed by atoms with Crippen LogP contribution in [0.15, 0.2) is 12.2 Å². The monoisotopic (exact) mass is 248 g/mol. The summed E-state index contributed by atoms with van der Waals surface area (Å²) in [7, 11) is 0. The smallest absolute Gasteiger partial charge is 0.0493 e. The summed E-state index contributed by atoms with van der Waals surface area (Å²) in [4.78, 5) is 0. The van der Waals surface area contributed by atoms with Crippen LogP contribution in [0.4, 0.5) is 0 Å². The standard InChI is InChI=1S/C17H28O/c1-16(2)14-8-7-13(11-14)15(16)17(12-18)9-5-3-4-6-10-17/h3,5,13-15,18H,4,6-12H2,1-2H3. The summed E-state index contributed by atoms with van der Waals surface area (Å²) in [6.45, 7) is 5.36. The fraction of sp³-hybridized carbons (Fsp3) is 0.882. The third-order valence-corrected chi connectivity index (χ3v) is 6.51. The number of aliphatic hydroxyl groups excluding tert-OH is 1. The van der Waals surface area contributed by atoms with Crippen LogP contribution >= 0.6 is 0 Å². The van der Waals surface area contributed by atoms with Gasteiger partial charge in [0.15, 0.2) is 0 Å². The summed E-state index contributed by atoms with van der Waals surface area (Å²) in [5.41, 5.74) is 0.639. The van der Waals surface area contributed by atoms with Crippen LogP contribution in [-0.4, -0.2) is 11.7 Å². The molecule has 1 heteroatoms. The largest absolute Gasteiger partial charge is 0.396 e. The number of rotatable bonds is 2. The van der Waals surface area contributed by atoms with Crippen molar-refractivity contribution < 1.29 is 5.11 Å². The van der Waals surface area contributed by atoms with Gasteiger partial charge in [0.2, 0.25) is 0 Å². The van der Waals surface area contributed by atoms with Crippen molar-refractivity contribution in [2.75, 3.05) is 6.61 Å². The van der Waals surface area contributed by atoms with E-state index >= 15 is 0 Å². The number of hydrogen-bond donors (Lipinski definition) is 1. The van der Waals surface area contributed by atoms with Crippen molar-refractivity contribution in [1.82, 2.24) is 0 Å². The molecule has 3 aliphatic rings. The first kappa shape index (κ1) is 12.7. The summed E-state index contributed by atoms with van der Waals surface area (Å²) < 4.78 is 0. The van der Waals surface area contributed by atoms with Gasteiger partial charge in [-0.1, -0.05) is 26.0 Å². The minimum absolute atomic E-state index is 0.191. The molecule has 3 rings (SSSR count). The lowest BCUT2D eigenvalue weighted by molar-refractivity contribution is -0.0425. The summed E-state index contributed by atoms with van der Waals surface area (Å²) in [5.74, 6) is 2.56. The average Bonchev–Trinajstić information content (AvgIpc) is 2.81. The summed E-state index contributed by atoms with van der Waals surface area (Å²) in [6, 6.07) is 0. The van der Waals surface area contributed by atoms with E-state index in [4.69, 9.17) is 0 Å². The lowest BCUT2D eigenvalue weighted by atomic mass is 9.55. The molecular weight excluding hydrogens is 220 g/mol. The van der Waals surface area contributed by atoms with Gasteiger partial charge in [-0.25, -0.2) is 0 Å². The lowest BCUT2D eigenvalue weighted by Gasteiger charge is -2.50. The Hall–Kier alpha value is -0.300. The first-order chi connectivity index (χ1) is 8.60. The number of hydrogen-bond acceptors (Lipinski definition) is 1. The highest BCUT2D eigenvalue weighted by Gasteiger charge is 2.59. The molecule has 0 aromatic heterocycles. The predicted octanol–water partition coefficient (Wildman–Crippen LogP) is 4.17. The average molecular weight is 248 g/mol. The highest BCUT2D eigenvalue weighted by molar-refractivity contribution is 5.10. The maximum atomic E-state index is 10.2. The van der Waals surface area contributed by atoms with Crippen LogP contribution in [0.25, 0.3) is 0 Å². The molecule has 1 nitrogen and oxygen atoms in total. The molecule has 102 valence electrons. The van der Waals surface area contributed by atoms with Gasteiger partial charge >= 0.3 is 0 Å². The van der Waals surface area contributed by atoms with E-state index < -0.39 is 0 Å². The molecule has 18 heavy (non-hydrogen) atoms.